The highest BCUT2D eigenvalue weighted by Crippen LogP contribution is 2.47. The summed E-state index contributed by atoms with van der Waals surface area (Å²) >= 11 is 0. The number of ether oxygens (including phenoxy) is 1. The summed E-state index contributed by atoms with van der Waals surface area (Å²) in [5.74, 6) is 1.00. The fourth-order valence-electron chi connectivity index (χ4n) is 4.11. The maximum absolute atomic E-state index is 10.8. The van der Waals surface area contributed by atoms with Crippen LogP contribution in [0.1, 0.15) is 61.7 Å². The van der Waals surface area contributed by atoms with E-state index in [1.54, 1.807) is 0 Å². The van der Waals surface area contributed by atoms with Gasteiger partial charge in [0.15, 0.2) is 0 Å². The summed E-state index contributed by atoms with van der Waals surface area (Å²) in [4.78, 5) is 0. The number of fused-ring (bicyclic) bond motifs is 2. The van der Waals surface area contributed by atoms with Gasteiger partial charge in [-0.15, -0.1) is 0 Å². The molecule has 1 aliphatic carbocycles. The molecule has 1 saturated carbocycles. The summed E-state index contributed by atoms with van der Waals surface area (Å²) in [6.07, 6.45) is 7.68. The second-order valence-corrected chi connectivity index (χ2v) is 6.48. The highest BCUT2D eigenvalue weighted by Gasteiger charge is 2.45. The molecule has 3 aliphatic rings. The van der Waals surface area contributed by atoms with Gasteiger partial charge >= 0.3 is 0 Å². The van der Waals surface area contributed by atoms with Crippen LogP contribution in [0.25, 0.3) is 0 Å². The van der Waals surface area contributed by atoms with E-state index >= 15 is 0 Å². The smallest absolute Gasteiger partial charge is 0.0846 e. The molecule has 2 aliphatic heterocycles. The summed E-state index contributed by atoms with van der Waals surface area (Å²) < 4.78 is 5.91. The second-order valence-electron chi connectivity index (χ2n) is 6.48. The van der Waals surface area contributed by atoms with Gasteiger partial charge in [0.2, 0.25) is 0 Å². The molecule has 1 aromatic carbocycles. The molecule has 0 amide bonds. The molecule has 0 spiro atoms. The van der Waals surface area contributed by atoms with Crippen LogP contribution in [0.4, 0.5) is 0 Å². The number of hydrogen-bond donors (Lipinski definition) is 1. The number of hydrogen-bond acceptors (Lipinski definition) is 2. The van der Waals surface area contributed by atoms with Gasteiger partial charge in [-0.05, 0) is 49.1 Å². The zero-order valence-corrected chi connectivity index (χ0v) is 11.3. The minimum absolute atomic E-state index is 0.300. The van der Waals surface area contributed by atoms with Crippen molar-refractivity contribution in [3.05, 3.63) is 35.4 Å². The van der Waals surface area contributed by atoms with E-state index < -0.39 is 0 Å². The van der Waals surface area contributed by atoms with E-state index in [9.17, 15) is 5.11 Å². The Morgan fingerprint density at radius 1 is 1.11 bits per heavy atom. The van der Waals surface area contributed by atoms with Gasteiger partial charge in [0.25, 0.3) is 0 Å². The molecule has 3 fully saturated rings. The molecule has 4 unspecified atom stereocenters. The van der Waals surface area contributed by atoms with Crippen molar-refractivity contribution in [2.75, 3.05) is 0 Å². The first kappa shape index (κ1) is 11.9. The first-order chi connectivity index (χ1) is 9.33. The highest BCUT2D eigenvalue weighted by atomic mass is 16.5. The number of benzene rings is 1. The molecule has 0 aromatic heterocycles. The van der Waals surface area contributed by atoms with Crippen LogP contribution in [-0.4, -0.2) is 17.3 Å². The maximum atomic E-state index is 10.8. The molecule has 1 aromatic rings. The highest BCUT2D eigenvalue weighted by molar-refractivity contribution is 5.34. The summed E-state index contributed by atoms with van der Waals surface area (Å²) in [5.41, 5.74) is 2.57. The van der Waals surface area contributed by atoms with Crippen LogP contribution in [0, 0.1) is 5.92 Å². The Balaban J connectivity index is 1.61. The van der Waals surface area contributed by atoms with Crippen molar-refractivity contribution in [2.45, 2.75) is 62.8 Å². The molecule has 2 heterocycles. The van der Waals surface area contributed by atoms with E-state index in [1.165, 1.54) is 36.8 Å². The first-order valence-corrected chi connectivity index (χ1v) is 7.75. The molecule has 2 nitrogen and oxygen atoms in total. The van der Waals surface area contributed by atoms with Crippen LogP contribution in [0.3, 0.4) is 0 Å². The van der Waals surface area contributed by atoms with Gasteiger partial charge in [-0.1, -0.05) is 30.7 Å². The van der Waals surface area contributed by atoms with Gasteiger partial charge in [0.1, 0.15) is 0 Å². The molecule has 2 heteroatoms. The normalized spacial score (nSPS) is 35.3. The Morgan fingerprint density at radius 3 is 2.58 bits per heavy atom. The lowest BCUT2D eigenvalue weighted by Crippen LogP contribution is -2.25. The Bertz CT molecular complexity index is 466. The predicted molar refractivity (Wildman–Crippen MR) is 74.0 cm³/mol. The van der Waals surface area contributed by atoms with Crippen LogP contribution in [-0.2, 0) is 4.74 Å². The second kappa shape index (κ2) is 4.60. The van der Waals surface area contributed by atoms with Gasteiger partial charge in [0, 0.05) is 5.92 Å². The van der Waals surface area contributed by atoms with Crippen molar-refractivity contribution in [1.29, 1.82) is 0 Å². The molecule has 2 saturated heterocycles. The van der Waals surface area contributed by atoms with E-state index in [-0.39, 0.29) is 6.10 Å². The molecule has 102 valence electrons. The Kier molecular flexibility index (Phi) is 2.89. The van der Waals surface area contributed by atoms with Gasteiger partial charge in [0.05, 0.1) is 18.3 Å². The largest absolute Gasteiger partial charge is 0.388 e. The van der Waals surface area contributed by atoms with E-state index in [2.05, 4.69) is 24.3 Å². The summed E-state index contributed by atoms with van der Waals surface area (Å²) in [6, 6.07) is 8.52. The van der Waals surface area contributed by atoms with Crippen molar-refractivity contribution >= 4 is 0 Å². The lowest BCUT2D eigenvalue weighted by atomic mass is 9.74. The van der Waals surface area contributed by atoms with E-state index in [1.807, 2.05) is 0 Å². The molecule has 0 radical (unpaired) electrons. The molecule has 4 rings (SSSR count). The van der Waals surface area contributed by atoms with Crippen molar-refractivity contribution < 1.29 is 9.84 Å². The monoisotopic (exact) mass is 258 g/mol. The lowest BCUT2D eigenvalue weighted by molar-refractivity contribution is 0.0415. The van der Waals surface area contributed by atoms with E-state index in [4.69, 9.17) is 4.74 Å². The third kappa shape index (κ3) is 1.93. The van der Waals surface area contributed by atoms with Crippen molar-refractivity contribution in [1.82, 2.24) is 0 Å². The lowest BCUT2D eigenvalue weighted by Gasteiger charge is -2.32. The van der Waals surface area contributed by atoms with Gasteiger partial charge in [-0.25, -0.2) is 0 Å². The van der Waals surface area contributed by atoms with E-state index in [0.29, 0.717) is 24.0 Å². The predicted octanol–water partition coefficient (Wildman–Crippen LogP) is 3.56. The van der Waals surface area contributed by atoms with E-state index in [0.717, 1.165) is 12.8 Å². The Labute approximate surface area is 114 Å². The number of rotatable bonds is 3. The average molecular weight is 258 g/mol. The van der Waals surface area contributed by atoms with Crippen LogP contribution < -0.4 is 0 Å². The minimum Gasteiger partial charge on any atom is -0.388 e. The number of aliphatic hydroxyl groups excluding tert-OH is 1. The van der Waals surface area contributed by atoms with Gasteiger partial charge < -0.3 is 9.84 Å². The fraction of sp³-hybridized carbons (Fsp3) is 0.647. The third-order valence-corrected chi connectivity index (χ3v) is 5.42. The van der Waals surface area contributed by atoms with Gasteiger partial charge in [-0.2, -0.15) is 0 Å². The van der Waals surface area contributed by atoms with Crippen LogP contribution in [0.2, 0.25) is 0 Å². The summed E-state index contributed by atoms with van der Waals surface area (Å²) in [7, 11) is 0. The standard InChI is InChI=1S/C17H22O2/c18-17(15-10-12-8-9-16(15)19-12)14-7-2-1-6-13(14)11-4-3-5-11/h1-2,6-7,11-12,15-18H,3-5,8-10H2. The van der Waals surface area contributed by atoms with Crippen LogP contribution in [0.5, 0.6) is 0 Å². The number of aliphatic hydroxyl groups is 1. The molecule has 1 N–H and O–H groups in total. The van der Waals surface area contributed by atoms with Crippen molar-refractivity contribution in [3.8, 4) is 0 Å². The molecule has 2 bridgehead atoms. The van der Waals surface area contributed by atoms with Gasteiger partial charge in [-0.3, -0.25) is 0 Å². The zero-order valence-electron chi connectivity index (χ0n) is 11.3. The Hall–Kier alpha value is -0.860. The molecule has 19 heavy (non-hydrogen) atoms. The molecular weight excluding hydrogens is 236 g/mol. The quantitative estimate of drug-likeness (QED) is 0.898. The SMILES string of the molecule is OC(c1ccccc1C1CCC1)C1CC2CCC1O2. The van der Waals surface area contributed by atoms with Crippen molar-refractivity contribution in [2.24, 2.45) is 5.92 Å². The first-order valence-electron chi connectivity index (χ1n) is 7.75. The minimum atomic E-state index is -0.327. The molecular formula is C17H22O2. The summed E-state index contributed by atoms with van der Waals surface area (Å²) in [6.45, 7) is 0. The summed E-state index contributed by atoms with van der Waals surface area (Å²) in [5, 5.41) is 10.8. The van der Waals surface area contributed by atoms with Crippen molar-refractivity contribution in [3.63, 3.8) is 0 Å². The van der Waals surface area contributed by atoms with Crippen LogP contribution in [0.15, 0.2) is 24.3 Å². The fourth-order valence-corrected chi connectivity index (χ4v) is 4.11. The topological polar surface area (TPSA) is 29.5 Å². The third-order valence-electron chi connectivity index (χ3n) is 5.42. The zero-order chi connectivity index (χ0) is 12.8. The average Bonchev–Trinajstić information content (AvgIpc) is 2.99. The maximum Gasteiger partial charge on any atom is 0.0846 e. The Morgan fingerprint density at radius 2 is 1.95 bits per heavy atom. The molecule has 4 atom stereocenters. The van der Waals surface area contributed by atoms with Crippen LogP contribution >= 0.6 is 0 Å².